The van der Waals surface area contributed by atoms with Crippen LogP contribution in [0.3, 0.4) is 0 Å². The van der Waals surface area contributed by atoms with E-state index < -0.39 is 35.4 Å². The standard InChI is InChI=1S/C21H26F3N5O3/c1-20(2,3)16(18(30)32-19(31)21(22,23)24)15(17-26-28-29-27-17)10-12-4-6-13(7-5-12)14-8-9-25-11-14/h4-7,14-16,25H,8-11H2,1-3H3,(H,26,27,28,29)/t14?,15-,16-/m0/s1. The second-order valence-corrected chi connectivity index (χ2v) is 9.06. The summed E-state index contributed by atoms with van der Waals surface area (Å²) < 4.78 is 42.3. The first-order chi connectivity index (χ1) is 15.0. The van der Waals surface area contributed by atoms with E-state index in [-0.39, 0.29) is 12.2 Å². The maximum atomic E-state index is 12.8. The summed E-state index contributed by atoms with van der Waals surface area (Å²) in [6.07, 6.45) is -3.97. The second-order valence-electron chi connectivity index (χ2n) is 9.06. The lowest BCUT2D eigenvalue weighted by Crippen LogP contribution is -2.40. The molecule has 1 aliphatic rings. The van der Waals surface area contributed by atoms with Gasteiger partial charge in [0.25, 0.3) is 0 Å². The smallest absolute Gasteiger partial charge is 0.386 e. The van der Waals surface area contributed by atoms with Gasteiger partial charge in [-0.05, 0) is 41.8 Å². The highest BCUT2D eigenvalue weighted by molar-refractivity contribution is 5.90. The van der Waals surface area contributed by atoms with Crippen LogP contribution in [0.2, 0.25) is 0 Å². The highest BCUT2D eigenvalue weighted by Gasteiger charge is 2.47. The van der Waals surface area contributed by atoms with Crippen LogP contribution in [0.5, 0.6) is 0 Å². The zero-order valence-corrected chi connectivity index (χ0v) is 18.1. The van der Waals surface area contributed by atoms with Gasteiger partial charge in [-0.15, -0.1) is 10.2 Å². The van der Waals surface area contributed by atoms with Gasteiger partial charge in [0.15, 0.2) is 5.82 Å². The number of ether oxygens (including phenoxy) is 1. The number of H-pyrrole nitrogens is 1. The first kappa shape index (κ1) is 23.8. The van der Waals surface area contributed by atoms with E-state index in [9.17, 15) is 22.8 Å². The normalized spacial score (nSPS) is 18.9. The molecule has 0 saturated carbocycles. The molecule has 0 spiro atoms. The highest BCUT2D eigenvalue weighted by Crippen LogP contribution is 2.40. The third-order valence-corrected chi connectivity index (χ3v) is 5.67. The molecular weight excluding hydrogens is 427 g/mol. The van der Waals surface area contributed by atoms with Crippen LogP contribution in [0.25, 0.3) is 0 Å². The number of alkyl halides is 3. The van der Waals surface area contributed by atoms with Crippen molar-refractivity contribution >= 4 is 11.9 Å². The van der Waals surface area contributed by atoms with Crippen LogP contribution in [0.1, 0.15) is 56.0 Å². The number of aromatic nitrogens is 4. The fourth-order valence-corrected chi connectivity index (χ4v) is 4.14. The first-order valence-corrected chi connectivity index (χ1v) is 10.3. The molecule has 1 unspecified atom stereocenters. The molecule has 1 aliphatic heterocycles. The van der Waals surface area contributed by atoms with E-state index in [1.54, 1.807) is 20.8 Å². The van der Waals surface area contributed by atoms with E-state index in [1.165, 1.54) is 5.56 Å². The number of tetrazole rings is 1. The number of hydrogen-bond acceptors (Lipinski definition) is 7. The van der Waals surface area contributed by atoms with Gasteiger partial charge in [-0.25, -0.2) is 4.79 Å². The minimum atomic E-state index is -5.27. The highest BCUT2D eigenvalue weighted by atomic mass is 19.4. The molecule has 0 bridgehead atoms. The molecular formula is C21H26F3N5O3. The number of benzene rings is 1. The van der Waals surface area contributed by atoms with Crippen molar-refractivity contribution in [2.24, 2.45) is 11.3 Å². The van der Waals surface area contributed by atoms with E-state index in [4.69, 9.17) is 0 Å². The lowest BCUT2D eigenvalue weighted by Gasteiger charge is -2.33. The van der Waals surface area contributed by atoms with E-state index in [1.807, 2.05) is 24.3 Å². The molecule has 1 saturated heterocycles. The fourth-order valence-electron chi connectivity index (χ4n) is 4.14. The molecule has 1 aromatic heterocycles. The quantitative estimate of drug-likeness (QED) is 0.511. The van der Waals surface area contributed by atoms with Gasteiger partial charge in [0.2, 0.25) is 0 Å². The first-order valence-electron chi connectivity index (χ1n) is 10.3. The predicted molar refractivity (Wildman–Crippen MR) is 107 cm³/mol. The fraction of sp³-hybridized carbons (Fsp3) is 0.571. The van der Waals surface area contributed by atoms with Crippen LogP contribution >= 0.6 is 0 Å². The largest absolute Gasteiger partial charge is 0.491 e. The summed E-state index contributed by atoms with van der Waals surface area (Å²) in [7, 11) is 0. The van der Waals surface area contributed by atoms with E-state index in [2.05, 4.69) is 30.7 Å². The van der Waals surface area contributed by atoms with Crippen molar-refractivity contribution in [1.29, 1.82) is 0 Å². The van der Waals surface area contributed by atoms with Gasteiger partial charge in [-0.1, -0.05) is 50.3 Å². The number of halogens is 3. The number of carbonyl (C=O) groups excluding carboxylic acids is 2. The number of rotatable bonds is 6. The predicted octanol–water partition coefficient (Wildman–Crippen LogP) is 2.90. The molecule has 2 N–H and O–H groups in total. The van der Waals surface area contributed by atoms with Crippen molar-refractivity contribution in [1.82, 2.24) is 25.9 Å². The topological polar surface area (TPSA) is 110 Å². The van der Waals surface area contributed by atoms with Crippen LogP contribution in [0.4, 0.5) is 13.2 Å². The molecule has 174 valence electrons. The molecule has 0 aliphatic carbocycles. The Labute approximate surface area is 183 Å². The maximum Gasteiger partial charge on any atom is 0.491 e. The summed E-state index contributed by atoms with van der Waals surface area (Å²) in [5.41, 5.74) is 1.18. The molecule has 2 heterocycles. The molecule has 0 radical (unpaired) electrons. The van der Waals surface area contributed by atoms with Crippen LogP contribution < -0.4 is 5.32 Å². The summed E-state index contributed by atoms with van der Waals surface area (Å²) in [5.74, 6) is -5.12. The van der Waals surface area contributed by atoms with Gasteiger partial charge in [0.1, 0.15) is 0 Å². The molecule has 11 heteroatoms. The maximum absolute atomic E-state index is 12.8. The monoisotopic (exact) mass is 453 g/mol. The minimum absolute atomic E-state index is 0.158. The van der Waals surface area contributed by atoms with Crippen molar-refractivity contribution < 1.29 is 27.5 Å². The molecule has 8 nitrogen and oxygen atoms in total. The Morgan fingerprint density at radius 2 is 1.88 bits per heavy atom. The molecule has 2 aromatic rings. The van der Waals surface area contributed by atoms with Crippen molar-refractivity contribution in [2.45, 2.75) is 51.6 Å². The Balaban J connectivity index is 1.88. The summed E-state index contributed by atoms with van der Waals surface area (Å²) in [4.78, 5) is 24.1. The van der Waals surface area contributed by atoms with Gasteiger partial charge in [-0.3, -0.25) is 4.79 Å². The number of aromatic amines is 1. The van der Waals surface area contributed by atoms with Gasteiger partial charge in [0.05, 0.1) is 5.92 Å². The average molecular weight is 453 g/mol. The van der Waals surface area contributed by atoms with E-state index >= 15 is 0 Å². The Kier molecular flexibility index (Phi) is 6.97. The number of hydrogen-bond donors (Lipinski definition) is 2. The molecule has 32 heavy (non-hydrogen) atoms. The zero-order chi connectivity index (χ0) is 23.5. The van der Waals surface area contributed by atoms with Gasteiger partial charge in [0, 0.05) is 12.5 Å². The number of nitrogens with zero attached hydrogens (tertiary/aromatic N) is 3. The Bertz CT molecular complexity index is 918. The zero-order valence-electron chi connectivity index (χ0n) is 18.1. The van der Waals surface area contributed by atoms with Gasteiger partial charge < -0.3 is 10.1 Å². The molecule has 3 atom stereocenters. The second kappa shape index (κ2) is 9.35. The number of nitrogens with one attached hydrogen (secondary N) is 2. The van der Waals surface area contributed by atoms with Crippen LogP contribution in [0.15, 0.2) is 24.3 Å². The van der Waals surface area contributed by atoms with Crippen molar-refractivity contribution in [3.8, 4) is 0 Å². The Morgan fingerprint density at radius 3 is 2.38 bits per heavy atom. The Morgan fingerprint density at radius 1 is 1.19 bits per heavy atom. The molecule has 1 aromatic carbocycles. The van der Waals surface area contributed by atoms with Crippen molar-refractivity contribution in [2.75, 3.05) is 13.1 Å². The van der Waals surface area contributed by atoms with Crippen LogP contribution in [-0.4, -0.2) is 51.8 Å². The lowest BCUT2D eigenvalue weighted by atomic mass is 9.70. The summed E-state index contributed by atoms with van der Waals surface area (Å²) in [6.45, 7) is 6.93. The average Bonchev–Trinajstić information content (AvgIpc) is 3.40. The minimum Gasteiger partial charge on any atom is -0.386 e. The number of carbonyl (C=O) groups is 2. The van der Waals surface area contributed by atoms with Gasteiger partial charge >= 0.3 is 18.1 Å². The Hall–Kier alpha value is -2.82. The summed E-state index contributed by atoms with van der Waals surface area (Å²) in [6, 6.07) is 7.87. The van der Waals surface area contributed by atoms with Crippen molar-refractivity contribution in [3.63, 3.8) is 0 Å². The van der Waals surface area contributed by atoms with Crippen molar-refractivity contribution in [3.05, 3.63) is 41.2 Å². The summed E-state index contributed by atoms with van der Waals surface area (Å²) >= 11 is 0. The molecule has 1 fully saturated rings. The van der Waals surface area contributed by atoms with Crippen LogP contribution in [-0.2, 0) is 20.7 Å². The lowest BCUT2D eigenvalue weighted by molar-refractivity contribution is -0.204. The third kappa shape index (κ3) is 5.70. The number of esters is 2. The SMILES string of the molecule is CC(C)(C)[C@H](C(=O)OC(=O)C(F)(F)F)[C@H](Cc1ccc(C2CCNC2)cc1)c1nn[nH]n1. The van der Waals surface area contributed by atoms with E-state index in [0.717, 1.165) is 25.1 Å². The van der Waals surface area contributed by atoms with Crippen LogP contribution in [0, 0.1) is 11.3 Å². The van der Waals surface area contributed by atoms with Gasteiger partial charge in [-0.2, -0.15) is 18.4 Å². The molecule has 3 rings (SSSR count). The molecule has 0 amide bonds. The third-order valence-electron chi connectivity index (χ3n) is 5.67. The van der Waals surface area contributed by atoms with E-state index in [0.29, 0.717) is 5.92 Å². The summed E-state index contributed by atoms with van der Waals surface area (Å²) in [5, 5.41) is 17.1.